The van der Waals surface area contributed by atoms with Gasteiger partial charge in [-0.05, 0) is 44.1 Å². The topological polar surface area (TPSA) is 34.9 Å². The average Bonchev–Trinajstić information content (AvgIpc) is 2.68. The molecule has 4 heteroatoms. The summed E-state index contributed by atoms with van der Waals surface area (Å²) in [7, 11) is 0. The quantitative estimate of drug-likeness (QED) is 0.471. The number of rotatable bonds is 5. The number of aromatic nitrogens is 2. The standard InChI is InChI=1S/C24H32N2OS/c1-4-26-22(27)20-21(25-23(26)28-15-12-17(2)3)19-11-7-6-10-18(19)16-24(20)13-8-5-9-14-24/h6-7,10-11,17H,4-5,8-9,12-16H2,1-3H3. The number of hydrogen-bond acceptors (Lipinski definition) is 3. The Morgan fingerprint density at radius 2 is 1.93 bits per heavy atom. The minimum absolute atomic E-state index is 0.00985. The van der Waals surface area contributed by atoms with E-state index in [9.17, 15) is 4.79 Å². The van der Waals surface area contributed by atoms with Crippen molar-refractivity contribution in [2.45, 2.75) is 82.8 Å². The number of benzene rings is 1. The molecule has 0 amide bonds. The fraction of sp³-hybridized carbons (Fsp3) is 0.583. The van der Waals surface area contributed by atoms with E-state index < -0.39 is 0 Å². The molecule has 0 N–H and O–H groups in total. The first-order valence-corrected chi connectivity index (χ1v) is 11.9. The zero-order chi connectivity index (χ0) is 19.7. The Morgan fingerprint density at radius 1 is 1.18 bits per heavy atom. The SMILES string of the molecule is CCn1c(SCCC(C)C)nc2c(c1=O)C1(CCCCC1)Cc1ccccc1-2. The molecule has 2 aromatic rings. The van der Waals surface area contributed by atoms with Crippen molar-refractivity contribution in [3.05, 3.63) is 45.7 Å². The van der Waals surface area contributed by atoms with Crippen LogP contribution in [0.3, 0.4) is 0 Å². The van der Waals surface area contributed by atoms with Crippen LogP contribution in [0.25, 0.3) is 11.3 Å². The maximum atomic E-state index is 13.8. The van der Waals surface area contributed by atoms with Crippen molar-refractivity contribution >= 4 is 11.8 Å². The Hall–Kier alpha value is -1.55. The van der Waals surface area contributed by atoms with Crippen LogP contribution < -0.4 is 5.56 Å². The van der Waals surface area contributed by atoms with Crippen molar-refractivity contribution in [2.75, 3.05) is 5.75 Å². The summed E-state index contributed by atoms with van der Waals surface area (Å²) in [6.07, 6.45) is 8.11. The Kier molecular flexibility index (Phi) is 5.69. The zero-order valence-corrected chi connectivity index (χ0v) is 18.3. The maximum absolute atomic E-state index is 13.8. The molecule has 1 fully saturated rings. The van der Waals surface area contributed by atoms with E-state index in [2.05, 4.69) is 45.0 Å². The van der Waals surface area contributed by atoms with E-state index in [0.29, 0.717) is 12.5 Å². The van der Waals surface area contributed by atoms with Crippen molar-refractivity contribution in [3.63, 3.8) is 0 Å². The van der Waals surface area contributed by atoms with Crippen LogP contribution in [-0.4, -0.2) is 15.3 Å². The molecule has 0 atom stereocenters. The van der Waals surface area contributed by atoms with E-state index in [0.717, 1.165) is 47.8 Å². The lowest BCUT2D eigenvalue weighted by Crippen LogP contribution is -2.43. The highest BCUT2D eigenvalue weighted by Crippen LogP contribution is 2.48. The molecule has 2 aliphatic carbocycles. The van der Waals surface area contributed by atoms with Gasteiger partial charge in [-0.1, -0.05) is 69.1 Å². The molecule has 1 heterocycles. The minimum atomic E-state index is -0.00985. The van der Waals surface area contributed by atoms with Crippen LogP contribution in [0.15, 0.2) is 34.2 Å². The fourth-order valence-electron chi connectivity index (χ4n) is 5.00. The van der Waals surface area contributed by atoms with Gasteiger partial charge in [-0.25, -0.2) is 4.98 Å². The van der Waals surface area contributed by atoms with Crippen LogP contribution in [0.4, 0.5) is 0 Å². The molecule has 4 rings (SSSR count). The molecule has 1 aromatic carbocycles. The Labute approximate surface area is 173 Å². The summed E-state index contributed by atoms with van der Waals surface area (Å²) in [6.45, 7) is 7.26. The lowest BCUT2D eigenvalue weighted by Gasteiger charge is -2.42. The van der Waals surface area contributed by atoms with Gasteiger partial charge in [0.15, 0.2) is 5.16 Å². The molecule has 1 aromatic heterocycles. The third-order valence-electron chi connectivity index (χ3n) is 6.52. The molecule has 28 heavy (non-hydrogen) atoms. The van der Waals surface area contributed by atoms with E-state index in [1.54, 1.807) is 11.8 Å². The normalized spacial score (nSPS) is 17.6. The molecular formula is C24H32N2OS. The maximum Gasteiger partial charge on any atom is 0.258 e. The Bertz CT molecular complexity index is 909. The van der Waals surface area contributed by atoms with Crippen LogP contribution in [0.2, 0.25) is 0 Å². The average molecular weight is 397 g/mol. The van der Waals surface area contributed by atoms with Gasteiger partial charge in [0.25, 0.3) is 5.56 Å². The van der Waals surface area contributed by atoms with Crippen molar-refractivity contribution in [2.24, 2.45) is 5.92 Å². The predicted molar refractivity (Wildman–Crippen MR) is 118 cm³/mol. The highest BCUT2D eigenvalue weighted by atomic mass is 32.2. The lowest BCUT2D eigenvalue weighted by atomic mass is 9.62. The van der Waals surface area contributed by atoms with Gasteiger partial charge in [-0.2, -0.15) is 0 Å². The van der Waals surface area contributed by atoms with Crippen molar-refractivity contribution in [1.29, 1.82) is 0 Å². The molecule has 3 nitrogen and oxygen atoms in total. The van der Waals surface area contributed by atoms with Gasteiger partial charge in [0.05, 0.1) is 11.3 Å². The predicted octanol–water partition coefficient (Wildman–Crippen LogP) is 5.83. The van der Waals surface area contributed by atoms with Gasteiger partial charge in [0.2, 0.25) is 0 Å². The highest BCUT2D eigenvalue weighted by Gasteiger charge is 2.43. The Morgan fingerprint density at radius 3 is 2.64 bits per heavy atom. The van der Waals surface area contributed by atoms with Crippen LogP contribution >= 0.6 is 11.8 Å². The van der Waals surface area contributed by atoms with E-state index in [-0.39, 0.29) is 11.0 Å². The second-order valence-corrected chi connectivity index (χ2v) is 9.94. The first kappa shape index (κ1) is 19.8. The molecule has 1 spiro atoms. The fourth-order valence-corrected chi connectivity index (χ4v) is 6.29. The smallest absolute Gasteiger partial charge is 0.258 e. The molecule has 1 saturated carbocycles. The van der Waals surface area contributed by atoms with Gasteiger partial charge in [0.1, 0.15) is 0 Å². The van der Waals surface area contributed by atoms with Crippen molar-refractivity contribution in [3.8, 4) is 11.3 Å². The highest BCUT2D eigenvalue weighted by molar-refractivity contribution is 7.99. The molecule has 0 bridgehead atoms. The van der Waals surface area contributed by atoms with E-state index >= 15 is 0 Å². The monoisotopic (exact) mass is 396 g/mol. The minimum Gasteiger partial charge on any atom is -0.288 e. The van der Waals surface area contributed by atoms with Crippen LogP contribution in [0.5, 0.6) is 0 Å². The first-order valence-electron chi connectivity index (χ1n) is 10.9. The summed E-state index contributed by atoms with van der Waals surface area (Å²) >= 11 is 1.75. The largest absolute Gasteiger partial charge is 0.288 e. The zero-order valence-electron chi connectivity index (χ0n) is 17.5. The molecule has 0 aliphatic heterocycles. The van der Waals surface area contributed by atoms with Gasteiger partial charge in [0, 0.05) is 23.3 Å². The molecular weight excluding hydrogens is 364 g/mol. The van der Waals surface area contributed by atoms with Crippen molar-refractivity contribution < 1.29 is 0 Å². The second kappa shape index (κ2) is 8.06. The molecule has 0 saturated heterocycles. The van der Waals surface area contributed by atoms with E-state index in [1.165, 1.54) is 30.4 Å². The lowest BCUT2D eigenvalue weighted by molar-refractivity contribution is 0.282. The van der Waals surface area contributed by atoms with Crippen molar-refractivity contribution in [1.82, 2.24) is 9.55 Å². The molecule has 0 unspecified atom stereocenters. The van der Waals surface area contributed by atoms with E-state index in [4.69, 9.17) is 4.98 Å². The third kappa shape index (κ3) is 3.45. The van der Waals surface area contributed by atoms with Gasteiger partial charge in [-0.15, -0.1) is 0 Å². The number of thioether (sulfide) groups is 1. The van der Waals surface area contributed by atoms with E-state index in [1.807, 2.05) is 4.57 Å². The summed E-state index contributed by atoms with van der Waals surface area (Å²) in [5, 5.41) is 0.898. The first-order chi connectivity index (χ1) is 13.6. The molecule has 2 aliphatic rings. The van der Waals surface area contributed by atoms with Gasteiger partial charge < -0.3 is 0 Å². The third-order valence-corrected chi connectivity index (χ3v) is 7.53. The van der Waals surface area contributed by atoms with Crippen LogP contribution in [0.1, 0.15) is 70.4 Å². The second-order valence-electron chi connectivity index (χ2n) is 8.87. The summed E-state index contributed by atoms with van der Waals surface area (Å²) in [4.78, 5) is 18.9. The van der Waals surface area contributed by atoms with Gasteiger partial charge in [-0.3, -0.25) is 9.36 Å². The Balaban J connectivity index is 1.88. The van der Waals surface area contributed by atoms with Crippen LogP contribution in [0, 0.1) is 5.92 Å². The molecule has 150 valence electrons. The number of nitrogens with zero attached hydrogens (tertiary/aromatic N) is 2. The summed E-state index contributed by atoms with van der Waals surface area (Å²) in [6, 6.07) is 8.62. The molecule has 0 radical (unpaired) electrons. The summed E-state index contributed by atoms with van der Waals surface area (Å²) in [5.74, 6) is 1.67. The number of fused-ring (bicyclic) bond motifs is 4. The summed E-state index contributed by atoms with van der Waals surface area (Å²) < 4.78 is 1.94. The number of hydrogen-bond donors (Lipinski definition) is 0. The summed E-state index contributed by atoms with van der Waals surface area (Å²) in [5.41, 5.74) is 4.75. The van der Waals surface area contributed by atoms with Gasteiger partial charge >= 0.3 is 0 Å². The van der Waals surface area contributed by atoms with Crippen LogP contribution in [-0.2, 0) is 18.4 Å².